The first-order chi connectivity index (χ1) is 15.0. The molecule has 0 radical (unpaired) electrons. The van der Waals surface area contributed by atoms with E-state index >= 15 is 0 Å². The molecule has 3 aromatic rings. The number of aromatic nitrogens is 3. The van der Waals surface area contributed by atoms with Gasteiger partial charge < -0.3 is 9.73 Å². The number of carbonyl (C=O) groups is 1. The number of nitriles is 1. The number of halogens is 1. The maximum absolute atomic E-state index is 12.6. The van der Waals surface area contributed by atoms with Crippen LogP contribution in [0.15, 0.2) is 39.0 Å². The van der Waals surface area contributed by atoms with E-state index in [2.05, 4.69) is 51.0 Å². The molecular formula is C21H20BrN5O2S2. The summed E-state index contributed by atoms with van der Waals surface area (Å²) in [6, 6.07) is 5.88. The molecule has 1 N–H and O–H groups in total. The fraction of sp³-hybridized carbons (Fsp3) is 0.333. The smallest absolute Gasteiger partial charge is 0.235 e. The molecule has 3 aromatic heterocycles. The van der Waals surface area contributed by atoms with E-state index in [1.165, 1.54) is 28.0 Å². The van der Waals surface area contributed by atoms with Crippen molar-refractivity contribution >= 4 is 49.9 Å². The number of allylic oxidation sites excluding steroid dienone is 1. The average molecular weight is 518 g/mol. The van der Waals surface area contributed by atoms with Crippen molar-refractivity contribution in [2.24, 2.45) is 5.92 Å². The molecule has 1 atom stereocenters. The minimum Gasteiger partial charge on any atom is -0.446 e. The van der Waals surface area contributed by atoms with Gasteiger partial charge in [0.15, 0.2) is 15.6 Å². The molecular weight excluding hydrogens is 498 g/mol. The van der Waals surface area contributed by atoms with Crippen LogP contribution < -0.4 is 5.32 Å². The van der Waals surface area contributed by atoms with Gasteiger partial charge in [-0.15, -0.1) is 28.1 Å². The maximum Gasteiger partial charge on any atom is 0.235 e. The van der Waals surface area contributed by atoms with Gasteiger partial charge in [0.1, 0.15) is 11.1 Å². The van der Waals surface area contributed by atoms with Gasteiger partial charge in [0.25, 0.3) is 0 Å². The normalized spacial score (nSPS) is 15.3. The first kappa shape index (κ1) is 21.9. The quantitative estimate of drug-likeness (QED) is 0.338. The minimum atomic E-state index is -0.177. The first-order valence-electron chi connectivity index (χ1n) is 9.77. The summed E-state index contributed by atoms with van der Waals surface area (Å²) in [7, 11) is 0. The largest absolute Gasteiger partial charge is 0.446 e. The summed E-state index contributed by atoms with van der Waals surface area (Å²) in [5.74, 6) is 1.73. The topological polar surface area (TPSA) is 96.7 Å². The lowest BCUT2D eigenvalue weighted by Gasteiger charge is -2.17. The Bertz CT molecular complexity index is 1170. The van der Waals surface area contributed by atoms with Crippen molar-refractivity contribution in [3.8, 4) is 17.7 Å². The fourth-order valence-corrected chi connectivity index (χ4v) is 5.99. The lowest BCUT2D eigenvalue weighted by Crippen LogP contribution is -2.14. The fourth-order valence-electron chi connectivity index (χ4n) is 3.56. The molecule has 160 valence electrons. The standard InChI is InChI=1S/C21H20BrN5O2S2/c1-3-8-27-19(15-6-7-17(22)29-15)25-26-21(27)30-11-18(28)24-20-14(10-23)13-5-4-12(2)9-16(13)31-20/h3,6-7,12H,1,4-5,8-9,11H2,2H3,(H,24,28). The molecule has 10 heteroatoms. The Hall–Kier alpha value is -2.35. The highest BCUT2D eigenvalue weighted by molar-refractivity contribution is 9.10. The van der Waals surface area contributed by atoms with Crippen molar-refractivity contribution in [1.82, 2.24) is 14.8 Å². The molecule has 4 rings (SSSR count). The Kier molecular flexibility index (Phi) is 6.65. The maximum atomic E-state index is 12.6. The number of thiophene rings is 1. The molecule has 3 heterocycles. The molecule has 0 bridgehead atoms. The predicted molar refractivity (Wildman–Crippen MR) is 125 cm³/mol. The van der Waals surface area contributed by atoms with Gasteiger partial charge in [-0.25, -0.2) is 0 Å². The molecule has 1 amide bonds. The van der Waals surface area contributed by atoms with E-state index in [4.69, 9.17) is 4.42 Å². The lowest BCUT2D eigenvalue weighted by atomic mass is 9.89. The summed E-state index contributed by atoms with van der Waals surface area (Å²) in [4.78, 5) is 13.9. The second-order valence-electron chi connectivity index (χ2n) is 7.31. The molecule has 31 heavy (non-hydrogen) atoms. The highest BCUT2D eigenvalue weighted by Gasteiger charge is 2.25. The van der Waals surface area contributed by atoms with Gasteiger partial charge in [0.2, 0.25) is 11.7 Å². The number of nitrogens with zero attached hydrogens (tertiary/aromatic N) is 4. The molecule has 0 spiro atoms. The highest BCUT2D eigenvalue weighted by atomic mass is 79.9. The Balaban J connectivity index is 1.47. The number of hydrogen-bond acceptors (Lipinski definition) is 7. The Morgan fingerprint density at radius 2 is 2.39 bits per heavy atom. The second kappa shape index (κ2) is 9.42. The Morgan fingerprint density at radius 3 is 3.10 bits per heavy atom. The number of hydrogen-bond donors (Lipinski definition) is 1. The zero-order chi connectivity index (χ0) is 22.0. The van der Waals surface area contributed by atoms with Crippen LogP contribution in [0.2, 0.25) is 0 Å². The molecule has 0 aromatic carbocycles. The molecule has 7 nitrogen and oxygen atoms in total. The Morgan fingerprint density at radius 1 is 1.55 bits per heavy atom. The van der Waals surface area contributed by atoms with Crippen LogP contribution in [0.25, 0.3) is 11.6 Å². The van der Waals surface area contributed by atoms with Crippen LogP contribution in [0, 0.1) is 17.2 Å². The molecule has 1 aliphatic rings. The monoisotopic (exact) mass is 517 g/mol. The number of fused-ring (bicyclic) bond motifs is 1. The molecule has 1 aliphatic carbocycles. The average Bonchev–Trinajstić information content (AvgIpc) is 3.43. The van der Waals surface area contributed by atoms with Gasteiger partial charge in [-0.2, -0.15) is 5.26 Å². The molecule has 0 fully saturated rings. The van der Waals surface area contributed by atoms with Crippen LogP contribution in [0.3, 0.4) is 0 Å². The number of carbonyl (C=O) groups excluding carboxylic acids is 1. The van der Waals surface area contributed by atoms with Crippen LogP contribution in [0.1, 0.15) is 29.3 Å². The molecule has 0 saturated heterocycles. The van der Waals surface area contributed by atoms with Crippen LogP contribution in [0.5, 0.6) is 0 Å². The minimum absolute atomic E-state index is 0.154. The molecule has 1 unspecified atom stereocenters. The lowest BCUT2D eigenvalue weighted by molar-refractivity contribution is -0.113. The van der Waals surface area contributed by atoms with E-state index in [0.29, 0.717) is 44.4 Å². The third-order valence-corrected chi connectivity index (χ3v) is 7.59. The van der Waals surface area contributed by atoms with E-state index in [0.717, 1.165) is 24.8 Å². The number of anilines is 1. The zero-order valence-electron chi connectivity index (χ0n) is 16.9. The van der Waals surface area contributed by atoms with Gasteiger partial charge >= 0.3 is 0 Å². The molecule has 0 saturated carbocycles. The summed E-state index contributed by atoms with van der Waals surface area (Å²) in [5.41, 5.74) is 1.72. The third kappa shape index (κ3) is 4.63. The predicted octanol–water partition coefficient (Wildman–Crippen LogP) is 5.28. The summed E-state index contributed by atoms with van der Waals surface area (Å²) < 4.78 is 8.04. The number of nitrogens with one attached hydrogen (secondary N) is 1. The number of furan rings is 1. The second-order valence-corrected chi connectivity index (χ2v) is 10.1. The van der Waals surface area contributed by atoms with Gasteiger partial charge in [-0.1, -0.05) is 24.8 Å². The van der Waals surface area contributed by atoms with E-state index in [9.17, 15) is 10.1 Å². The van der Waals surface area contributed by atoms with Gasteiger partial charge in [0, 0.05) is 11.4 Å². The van der Waals surface area contributed by atoms with Crippen molar-refractivity contribution < 1.29 is 9.21 Å². The van der Waals surface area contributed by atoms with Crippen LogP contribution in [-0.2, 0) is 24.2 Å². The number of rotatable bonds is 7. The van der Waals surface area contributed by atoms with Crippen LogP contribution in [0.4, 0.5) is 5.00 Å². The zero-order valence-corrected chi connectivity index (χ0v) is 20.1. The van der Waals surface area contributed by atoms with E-state index in [-0.39, 0.29) is 11.7 Å². The van der Waals surface area contributed by atoms with Crippen molar-refractivity contribution in [2.45, 2.75) is 37.9 Å². The van der Waals surface area contributed by atoms with Crippen molar-refractivity contribution in [1.29, 1.82) is 5.26 Å². The van der Waals surface area contributed by atoms with E-state index in [1.54, 1.807) is 18.2 Å². The van der Waals surface area contributed by atoms with Crippen LogP contribution >= 0.6 is 39.0 Å². The van der Waals surface area contributed by atoms with E-state index < -0.39 is 0 Å². The van der Waals surface area contributed by atoms with Gasteiger partial charge in [-0.3, -0.25) is 9.36 Å². The van der Waals surface area contributed by atoms with Crippen LogP contribution in [-0.4, -0.2) is 26.4 Å². The summed E-state index contributed by atoms with van der Waals surface area (Å²) in [6.07, 6.45) is 4.69. The van der Waals surface area contributed by atoms with Crippen molar-refractivity contribution in [3.05, 3.63) is 45.5 Å². The SMILES string of the molecule is C=CCn1c(SCC(=O)Nc2sc3c(c2C#N)CCC(C)C3)nnc1-c1ccc(Br)o1. The van der Waals surface area contributed by atoms with Gasteiger partial charge in [0.05, 0.1) is 11.3 Å². The van der Waals surface area contributed by atoms with Crippen molar-refractivity contribution in [2.75, 3.05) is 11.1 Å². The number of amides is 1. The highest BCUT2D eigenvalue weighted by Crippen LogP contribution is 2.39. The molecule has 0 aliphatic heterocycles. The summed E-state index contributed by atoms with van der Waals surface area (Å²) in [6.45, 7) is 6.50. The summed E-state index contributed by atoms with van der Waals surface area (Å²) in [5, 5.41) is 22.2. The Labute approximate surface area is 196 Å². The van der Waals surface area contributed by atoms with Crippen molar-refractivity contribution in [3.63, 3.8) is 0 Å². The first-order valence-corrected chi connectivity index (χ1v) is 12.4. The summed E-state index contributed by atoms with van der Waals surface area (Å²) >= 11 is 6.10. The third-order valence-electron chi connectivity index (χ3n) is 5.03. The van der Waals surface area contributed by atoms with Gasteiger partial charge in [-0.05, 0) is 58.8 Å². The number of thioether (sulfide) groups is 1. The van der Waals surface area contributed by atoms with E-state index in [1.807, 2.05) is 4.57 Å².